The Morgan fingerprint density at radius 2 is 1.79 bits per heavy atom. The molecule has 0 bridgehead atoms. The minimum absolute atomic E-state index is 0.316. The summed E-state index contributed by atoms with van der Waals surface area (Å²) < 4.78 is 1.02. The topological polar surface area (TPSA) is 81.1 Å². The quantitative estimate of drug-likeness (QED) is 0.760. The zero-order valence-electron chi connectivity index (χ0n) is 10.4. The number of aryl methyl sites for hydroxylation is 1. The van der Waals surface area contributed by atoms with Gasteiger partial charge in [-0.3, -0.25) is 4.79 Å². The van der Waals surface area contributed by atoms with Crippen molar-refractivity contribution in [2.24, 2.45) is 5.73 Å². The molecule has 0 fully saturated rings. The number of nitrogen functional groups attached to an aromatic ring is 1. The lowest BCUT2D eigenvalue weighted by atomic mass is 10.1. The van der Waals surface area contributed by atoms with Crippen LogP contribution in [0.4, 0.5) is 17.1 Å². The highest BCUT2D eigenvalue weighted by Crippen LogP contribution is 2.25. The lowest BCUT2D eigenvalue weighted by Crippen LogP contribution is -2.13. The van der Waals surface area contributed by atoms with Crippen molar-refractivity contribution in [2.45, 2.75) is 6.92 Å². The summed E-state index contributed by atoms with van der Waals surface area (Å²) in [6.07, 6.45) is 0. The predicted octanol–water partition coefficient (Wildman–Crippen LogP) is 3.18. The molecule has 1 amide bonds. The van der Waals surface area contributed by atoms with Crippen LogP contribution in [-0.4, -0.2) is 5.91 Å². The van der Waals surface area contributed by atoms with Gasteiger partial charge in [-0.25, -0.2) is 0 Å². The maximum atomic E-state index is 11.2. The number of nitrogens with two attached hydrogens (primary N) is 2. The maximum Gasteiger partial charge on any atom is 0.250 e. The first-order valence-electron chi connectivity index (χ1n) is 5.70. The van der Waals surface area contributed by atoms with Crippen LogP contribution in [0.1, 0.15) is 15.9 Å². The first-order valence-corrected chi connectivity index (χ1v) is 6.49. The Kier molecular flexibility index (Phi) is 3.76. The average Bonchev–Trinajstić information content (AvgIpc) is 2.36. The maximum absolute atomic E-state index is 11.2. The zero-order valence-corrected chi connectivity index (χ0v) is 12.0. The Morgan fingerprint density at radius 1 is 1.16 bits per heavy atom. The van der Waals surface area contributed by atoms with E-state index in [1.807, 2.05) is 25.1 Å². The van der Waals surface area contributed by atoms with Crippen LogP contribution in [0, 0.1) is 6.92 Å². The van der Waals surface area contributed by atoms with Crippen LogP contribution in [0.3, 0.4) is 0 Å². The molecule has 19 heavy (non-hydrogen) atoms. The fourth-order valence-corrected chi connectivity index (χ4v) is 2.06. The number of benzene rings is 2. The predicted molar refractivity (Wildman–Crippen MR) is 81.5 cm³/mol. The molecule has 5 heteroatoms. The summed E-state index contributed by atoms with van der Waals surface area (Å²) in [5.41, 5.74) is 14.5. The SMILES string of the molecule is Cc1ccc(Nc2ccc(N)c(C(N)=O)c2)cc1Br. The zero-order chi connectivity index (χ0) is 14.0. The molecule has 0 aliphatic heterocycles. The summed E-state index contributed by atoms with van der Waals surface area (Å²) in [7, 11) is 0. The molecule has 0 radical (unpaired) electrons. The molecule has 0 aromatic heterocycles. The normalized spacial score (nSPS) is 10.2. The van der Waals surface area contributed by atoms with Crippen molar-refractivity contribution in [3.05, 3.63) is 52.0 Å². The lowest BCUT2D eigenvalue weighted by molar-refractivity contribution is 0.100. The highest BCUT2D eigenvalue weighted by Gasteiger charge is 2.07. The monoisotopic (exact) mass is 319 g/mol. The van der Waals surface area contributed by atoms with E-state index >= 15 is 0 Å². The van der Waals surface area contributed by atoms with Crippen LogP contribution in [0.15, 0.2) is 40.9 Å². The van der Waals surface area contributed by atoms with E-state index in [2.05, 4.69) is 21.2 Å². The number of hydrogen-bond donors (Lipinski definition) is 3. The Balaban J connectivity index is 2.30. The molecule has 0 atom stereocenters. The third kappa shape index (κ3) is 3.06. The number of halogens is 1. The van der Waals surface area contributed by atoms with Gasteiger partial charge >= 0.3 is 0 Å². The van der Waals surface area contributed by atoms with E-state index in [4.69, 9.17) is 11.5 Å². The molecule has 0 aliphatic carbocycles. The van der Waals surface area contributed by atoms with Crippen molar-refractivity contribution in [2.75, 3.05) is 11.1 Å². The van der Waals surface area contributed by atoms with Gasteiger partial charge in [-0.2, -0.15) is 0 Å². The second kappa shape index (κ2) is 5.32. The Labute approximate surface area is 119 Å². The molecule has 0 spiro atoms. The van der Waals surface area contributed by atoms with Crippen LogP contribution >= 0.6 is 15.9 Å². The number of amides is 1. The summed E-state index contributed by atoms with van der Waals surface area (Å²) in [6.45, 7) is 2.02. The highest BCUT2D eigenvalue weighted by atomic mass is 79.9. The summed E-state index contributed by atoms with van der Waals surface area (Å²) >= 11 is 3.47. The van der Waals surface area contributed by atoms with Gasteiger partial charge in [0.05, 0.1) is 5.56 Å². The van der Waals surface area contributed by atoms with Gasteiger partial charge in [0.1, 0.15) is 0 Å². The minimum Gasteiger partial charge on any atom is -0.398 e. The number of primary amides is 1. The second-order valence-electron chi connectivity index (χ2n) is 4.26. The van der Waals surface area contributed by atoms with E-state index in [-0.39, 0.29) is 0 Å². The van der Waals surface area contributed by atoms with Crippen LogP contribution in [-0.2, 0) is 0 Å². The highest BCUT2D eigenvalue weighted by molar-refractivity contribution is 9.10. The molecule has 0 aliphatic rings. The van der Waals surface area contributed by atoms with Crippen molar-refractivity contribution in [3.8, 4) is 0 Å². The number of hydrogen-bond acceptors (Lipinski definition) is 3. The molecule has 0 unspecified atom stereocenters. The van der Waals surface area contributed by atoms with Gasteiger partial charge in [0.2, 0.25) is 0 Å². The summed E-state index contributed by atoms with van der Waals surface area (Å²) in [5, 5.41) is 3.20. The molecule has 0 saturated heterocycles. The van der Waals surface area contributed by atoms with Gasteiger partial charge < -0.3 is 16.8 Å². The van der Waals surface area contributed by atoms with E-state index < -0.39 is 5.91 Å². The van der Waals surface area contributed by atoms with E-state index in [9.17, 15) is 4.79 Å². The van der Waals surface area contributed by atoms with Crippen LogP contribution in [0.25, 0.3) is 0 Å². The molecule has 0 saturated carbocycles. The third-order valence-electron chi connectivity index (χ3n) is 2.78. The van der Waals surface area contributed by atoms with E-state index in [1.54, 1.807) is 18.2 Å². The molecule has 98 valence electrons. The molecule has 2 rings (SSSR count). The number of anilines is 3. The molecule has 4 nitrogen and oxygen atoms in total. The molecule has 5 N–H and O–H groups in total. The average molecular weight is 320 g/mol. The van der Waals surface area contributed by atoms with Crippen LogP contribution < -0.4 is 16.8 Å². The van der Waals surface area contributed by atoms with Gasteiger partial charge in [0.15, 0.2) is 0 Å². The summed E-state index contributed by atoms with van der Waals surface area (Å²) in [4.78, 5) is 11.2. The fourth-order valence-electron chi connectivity index (χ4n) is 1.68. The van der Waals surface area contributed by atoms with Crippen molar-refractivity contribution >= 4 is 38.9 Å². The Hall–Kier alpha value is -2.01. The second-order valence-corrected chi connectivity index (χ2v) is 5.11. The molecule has 2 aromatic rings. The first-order chi connectivity index (χ1) is 8.97. The Bertz CT molecular complexity index is 641. The molecule has 2 aromatic carbocycles. The summed E-state index contributed by atoms with van der Waals surface area (Å²) in [6, 6.07) is 11.0. The summed E-state index contributed by atoms with van der Waals surface area (Å²) in [5.74, 6) is -0.536. The molecular formula is C14H14BrN3O. The molecule has 0 heterocycles. The largest absolute Gasteiger partial charge is 0.398 e. The van der Waals surface area contributed by atoms with Crippen LogP contribution in [0.5, 0.6) is 0 Å². The van der Waals surface area contributed by atoms with Gasteiger partial charge in [0, 0.05) is 21.5 Å². The van der Waals surface area contributed by atoms with Gasteiger partial charge in [0.25, 0.3) is 5.91 Å². The van der Waals surface area contributed by atoms with Crippen molar-refractivity contribution in [3.63, 3.8) is 0 Å². The van der Waals surface area contributed by atoms with Crippen molar-refractivity contribution in [1.29, 1.82) is 0 Å². The minimum atomic E-state index is -0.536. The third-order valence-corrected chi connectivity index (χ3v) is 3.63. The first kappa shape index (κ1) is 13.4. The van der Waals surface area contributed by atoms with Gasteiger partial charge in [-0.15, -0.1) is 0 Å². The smallest absolute Gasteiger partial charge is 0.250 e. The lowest BCUT2D eigenvalue weighted by Gasteiger charge is -2.10. The van der Waals surface area contributed by atoms with Gasteiger partial charge in [-0.05, 0) is 42.8 Å². The number of carbonyl (C=O) groups is 1. The Morgan fingerprint density at radius 3 is 2.42 bits per heavy atom. The number of carbonyl (C=O) groups excluding carboxylic acids is 1. The standard InChI is InChI=1S/C14H14BrN3O/c1-8-2-3-10(7-12(8)15)18-9-4-5-13(16)11(6-9)14(17)19/h2-7,18H,16H2,1H3,(H2,17,19). The number of nitrogens with one attached hydrogen (secondary N) is 1. The number of rotatable bonds is 3. The van der Waals surface area contributed by atoms with Crippen molar-refractivity contribution < 1.29 is 4.79 Å². The fraction of sp³-hybridized carbons (Fsp3) is 0.0714. The van der Waals surface area contributed by atoms with E-state index in [0.717, 1.165) is 21.4 Å². The molecular weight excluding hydrogens is 306 g/mol. The van der Waals surface area contributed by atoms with Gasteiger partial charge in [-0.1, -0.05) is 22.0 Å². The van der Waals surface area contributed by atoms with Crippen LogP contribution in [0.2, 0.25) is 0 Å². The van der Waals surface area contributed by atoms with E-state index in [0.29, 0.717) is 11.3 Å². The van der Waals surface area contributed by atoms with Crippen molar-refractivity contribution in [1.82, 2.24) is 0 Å². The van der Waals surface area contributed by atoms with E-state index in [1.165, 1.54) is 0 Å².